The lowest BCUT2D eigenvalue weighted by atomic mass is 10.1. The number of hydrogen-bond donors (Lipinski definition) is 3. The van der Waals surface area contributed by atoms with E-state index in [0.29, 0.717) is 5.82 Å². The number of halogens is 1. The van der Waals surface area contributed by atoms with Crippen LogP contribution in [0.3, 0.4) is 0 Å². The molecule has 0 saturated heterocycles. The number of anilines is 2. The van der Waals surface area contributed by atoms with Gasteiger partial charge in [0.2, 0.25) is 0 Å². The summed E-state index contributed by atoms with van der Waals surface area (Å²) in [5.74, 6) is -0.587. The summed E-state index contributed by atoms with van der Waals surface area (Å²) in [6.07, 6.45) is 1.35. The minimum Gasteiger partial charge on any atom is -0.478 e. The highest BCUT2D eigenvalue weighted by molar-refractivity contribution is 9.10. The number of carboxylic acids is 1. The molecule has 0 spiro atoms. The van der Waals surface area contributed by atoms with Gasteiger partial charge in [-0.3, -0.25) is 0 Å². The molecule has 1 unspecified atom stereocenters. The van der Waals surface area contributed by atoms with Gasteiger partial charge in [0.25, 0.3) is 0 Å². The summed E-state index contributed by atoms with van der Waals surface area (Å²) in [5, 5.41) is 12.2. The predicted molar refractivity (Wildman–Crippen MR) is 81.8 cm³/mol. The molecule has 0 aliphatic heterocycles. The van der Waals surface area contributed by atoms with Crippen LogP contribution in [-0.4, -0.2) is 16.1 Å². The van der Waals surface area contributed by atoms with Crippen LogP contribution in [0.1, 0.15) is 28.9 Å². The average molecular weight is 336 g/mol. The zero-order chi connectivity index (χ0) is 14.7. The Labute approximate surface area is 125 Å². The molecule has 0 bridgehead atoms. The Morgan fingerprint density at radius 2 is 2.05 bits per heavy atom. The summed E-state index contributed by atoms with van der Waals surface area (Å²) in [5.41, 5.74) is 6.84. The normalized spacial score (nSPS) is 11.9. The predicted octanol–water partition coefficient (Wildman–Crippen LogP) is 3.30. The summed E-state index contributed by atoms with van der Waals surface area (Å²) in [6.45, 7) is 1.97. The highest BCUT2D eigenvalue weighted by atomic mass is 79.9. The van der Waals surface area contributed by atoms with Crippen molar-refractivity contribution in [2.24, 2.45) is 0 Å². The second-order valence-corrected chi connectivity index (χ2v) is 5.30. The smallest absolute Gasteiger partial charge is 0.337 e. The Bertz CT molecular complexity index is 629. The number of aromatic nitrogens is 1. The molecule has 0 fully saturated rings. The Morgan fingerprint density at radius 1 is 1.40 bits per heavy atom. The molecule has 0 saturated carbocycles. The molecule has 20 heavy (non-hydrogen) atoms. The quantitative estimate of drug-likeness (QED) is 0.797. The first-order chi connectivity index (χ1) is 9.47. The van der Waals surface area contributed by atoms with Crippen molar-refractivity contribution in [1.29, 1.82) is 0 Å². The largest absolute Gasteiger partial charge is 0.478 e. The molecule has 1 aromatic heterocycles. The number of carboxylic acid groups (broad SMARTS) is 1. The fourth-order valence-corrected chi connectivity index (χ4v) is 2.05. The molecule has 104 valence electrons. The van der Waals surface area contributed by atoms with Crippen molar-refractivity contribution in [1.82, 2.24) is 4.98 Å². The lowest BCUT2D eigenvalue weighted by molar-refractivity contribution is 0.0698. The lowest BCUT2D eigenvalue weighted by Gasteiger charge is -2.15. The van der Waals surface area contributed by atoms with Gasteiger partial charge in [-0.1, -0.05) is 28.1 Å². The van der Waals surface area contributed by atoms with Gasteiger partial charge in [-0.25, -0.2) is 9.78 Å². The highest BCUT2D eigenvalue weighted by Gasteiger charge is 2.11. The summed E-state index contributed by atoms with van der Waals surface area (Å²) < 4.78 is 1.01. The Morgan fingerprint density at radius 3 is 2.65 bits per heavy atom. The van der Waals surface area contributed by atoms with E-state index in [1.165, 1.54) is 12.3 Å². The summed E-state index contributed by atoms with van der Waals surface area (Å²) in [4.78, 5) is 15.1. The molecular formula is C14H14BrN3O2. The van der Waals surface area contributed by atoms with Crippen LogP contribution >= 0.6 is 15.9 Å². The molecule has 0 amide bonds. The molecule has 5 nitrogen and oxygen atoms in total. The van der Waals surface area contributed by atoms with Crippen molar-refractivity contribution in [2.45, 2.75) is 13.0 Å². The average Bonchev–Trinajstić information content (AvgIpc) is 2.41. The lowest BCUT2D eigenvalue weighted by Crippen LogP contribution is -2.10. The van der Waals surface area contributed by atoms with Crippen LogP contribution in [0.4, 0.5) is 11.5 Å². The Hall–Kier alpha value is -2.08. The van der Waals surface area contributed by atoms with E-state index < -0.39 is 5.97 Å². The van der Waals surface area contributed by atoms with Crippen molar-refractivity contribution in [3.05, 3.63) is 52.1 Å². The van der Waals surface area contributed by atoms with Crippen molar-refractivity contribution >= 4 is 33.4 Å². The van der Waals surface area contributed by atoms with E-state index in [1.807, 2.05) is 31.2 Å². The van der Waals surface area contributed by atoms with Crippen LogP contribution in [0.2, 0.25) is 0 Å². The third-order valence-corrected chi connectivity index (χ3v) is 3.43. The van der Waals surface area contributed by atoms with Gasteiger partial charge in [0, 0.05) is 10.5 Å². The second-order valence-electron chi connectivity index (χ2n) is 4.38. The molecule has 2 rings (SSSR count). The number of nitrogen functional groups attached to an aromatic ring is 1. The van der Waals surface area contributed by atoms with Gasteiger partial charge in [-0.2, -0.15) is 0 Å². The van der Waals surface area contributed by atoms with E-state index in [9.17, 15) is 4.79 Å². The first kappa shape index (κ1) is 14.3. The number of pyridine rings is 1. The number of nitrogens with two attached hydrogens (primary N) is 1. The van der Waals surface area contributed by atoms with Gasteiger partial charge < -0.3 is 16.2 Å². The van der Waals surface area contributed by atoms with Crippen molar-refractivity contribution in [3.8, 4) is 0 Å². The summed E-state index contributed by atoms with van der Waals surface area (Å²) >= 11 is 3.38. The van der Waals surface area contributed by atoms with Crippen molar-refractivity contribution in [3.63, 3.8) is 0 Å². The topological polar surface area (TPSA) is 88.2 Å². The van der Waals surface area contributed by atoms with Crippen LogP contribution in [-0.2, 0) is 0 Å². The van der Waals surface area contributed by atoms with E-state index in [4.69, 9.17) is 10.8 Å². The van der Waals surface area contributed by atoms with Crippen molar-refractivity contribution in [2.75, 3.05) is 11.1 Å². The van der Waals surface area contributed by atoms with Gasteiger partial charge >= 0.3 is 5.97 Å². The van der Waals surface area contributed by atoms with Gasteiger partial charge in [-0.15, -0.1) is 0 Å². The van der Waals surface area contributed by atoms with Crippen LogP contribution in [0.15, 0.2) is 41.0 Å². The third-order valence-electron chi connectivity index (χ3n) is 2.90. The number of carbonyl (C=O) groups is 1. The van der Waals surface area contributed by atoms with E-state index in [0.717, 1.165) is 10.0 Å². The van der Waals surface area contributed by atoms with Gasteiger partial charge in [-0.05, 0) is 30.7 Å². The highest BCUT2D eigenvalue weighted by Crippen LogP contribution is 2.22. The number of benzene rings is 1. The van der Waals surface area contributed by atoms with Crippen LogP contribution < -0.4 is 11.1 Å². The molecule has 0 radical (unpaired) electrons. The first-order valence-corrected chi connectivity index (χ1v) is 6.77. The molecule has 0 aliphatic rings. The van der Waals surface area contributed by atoms with E-state index in [1.54, 1.807) is 0 Å². The fraction of sp³-hybridized carbons (Fsp3) is 0.143. The first-order valence-electron chi connectivity index (χ1n) is 5.98. The van der Waals surface area contributed by atoms with Crippen LogP contribution in [0, 0.1) is 0 Å². The molecule has 1 atom stereocenters. The van der Waals surface area contributed by atoms with E-state index in [-0.39, 0.29) is 17.3 Å². The minimum absolute atomic E-state index is 0.000805. The molecule has 4 N–H and O–H groups in total. The molecule has 0 aliphatic carbocycles. The monoisotopic (exact) mass is 335 g/mol. The van der Waals surface area contributed by atoms with Gasteiger partial charge in [0.05, 0.1) is 17.4 Å². The molecule has 6 heteroatoms. The van der Waals surface area contributed by atoms with Gasteiger partial charge in [0.15, 0.2) is 0 Å². The third kappa shape index (κ3) is 3.27. The maximum atomic E-state index is 11.0. The number of aromatic carboxylic acids is 1. The van der Waals surface area contributed by atoms with E-state index in [2.05, 4.69) is 26.2 Å². The number of hydrogen-bond acceptors (Lipinski definition) is 4. The molecule has 2 aromatic rings. The maximum absolute atomic E-state index is 11.0. The standard InChI is InChI=1S/C14H14BrN3O2/c1-8(9-2-4-10(15)5-3-9)18-13-6-11(14(19)20)12(16)7-17-13/h2-8H,16H2,1H3,(H,17,18)(H,19,20). The summed E-state index contributed by atoms with van der Waals surface area (Å²) in [6, 6.07) is 9.31. The van der Waals surface area contributed by atoms with Gasteiger partial charge in [0.1, 0.15) is 5.82 Å². The molecular weight excluding hydrogens is 322 g/mol. The Balaban J connectivity index is 2.19. The number of rotatable bonds is 4. The van der Waals surface area contributed by atoms with Crippen LogP contribution in [0.25, 0.3) is 0 Å². The fourth-order valence-electron chi connectivity index (χ4n) is 1.79. The number of nitrogens with zero attached hydrogens (tertiary/aromatic N) is 1. The minimum atomic E-state index is -1.07. The molecule has 1 aromatic carbocycles. The zero-order valence-electron chi connectivity index (χ0n) is 10.8. The SMILES string of the molecule is CC(Nc1cc(C(=O)O)c(N)cn1)c1ccc(Br)cc1. The second kappa shape index (κ2) is 5.92. The number of nitrogens with one attached hydrogen (secondary N) is 1. The zero-order valence-corrected chi connectivity index (χ0v) is 12.4. The van der Waals surface area contributed by atoms with Crippen molar-refractivity contribution < 1.29 is 9.90 Å². The maximum Gasteiger partial charge on any atom is 0.337 e. The van der Waals surface area contributed by atoms with E-state index >= 15 is 0 Å². The molecule has 1 heterocycles. The van der Waals surface area contributed by atoms with Crippen LogP contribution in [0.5, 0.6) is 0 Å². The summed E-state index contributed by atoms with van der Waals surface area (Å²) in [7, 11) is 0. The Kier molecular flexibility index (Phi) is 4.24.